The number of aryl methyl sites for hydroxylation is 1. The third kappa shape index (κ3) is 3.07. The van der Waals surface area contributed by atoms with Crippen molar-refractivity contribution in [2.45, 2.75) is 32.7 Å². The summed E-state index contributed by atoms with van der Waals surface area (Å²) in [5.74, 6) is 0.104. The molecule has 4 heteroatoms. The summed E-state index contributed by atoms with van der Waals surface area (Å²) in [5.41, 5.74) is 8.48. The zero-order chi connectivity index (χ0) is 14.0. The van der Waals surface area contributed by atoms with Crippen molar-refractivity contribution < 1.29 is 9.50 Å². The van der Waals surface area contributed by atoms with Gasteiger partial charge in [0.15, 0.2) is 0 Å². The summed E-state index contributed by atoms with van der Waals surface area (Å²) in [6, 6.07) is 3.24. The standard InChI is InChI=1S/C15H23FN2O/c1-10-6-15(13(11(2)17)7-14(10)16)18-5-3-4-12(8-18)9-19/h6-7,11-12,19H,3-5,8-9,17H2,1-2H3/t11-,12?/m1/s1. The van der Waals surface area contributed by atoms with Gasteiger partial charge in [0.25, 0.3) is 0 Å². The molecule has 19 heavy (non-hydrogen) atoms. The van der Waals surface area contributed by atoms with E-state index in [4.69, 9.17) is 5.73 Å². The van der Waals surface area contributed by atoms with Crippen LogP contribution < -0.4 is 10.6 Å². The number of aliphatic hydroxyl groups is 1. The molecule has 1 aromatic rings. The molecular formula is C15H23FN2O. The lowest BCUT2D eigenvalue weighted by molar-refractivity contribution is 0.208. The lowest BCUT2D eigenvalue weighted by Crippen LogP contribution is -2.37. The van der Waals surface area contributed by atoms with E-state index in [1.165, 1.54) is 0 Å². The molecule has 0 aliphatic carbocycles. The average molecular weight is 266 g/mol. The quantitative estimate of drug-likeness (QED) is 0.883. The molecule has 1 aliphatic heterocycles. The Labute approximate surface area is 114 Å². The van der Waals surface area contributed by atoms with Gasteiger partial charge in [-0.2, -0.15) is 0 Å². The highest BCUT2D eigenvalue weighted by atomic mass is 19.1. The Morgan fingerprint density at radius 2 is 2.26 bits per heavy atom. The highest BCUT2D eigenvalue weighted by Crippen LogP contribution is 2.31. The van der Waals surface area contributed by atoms with Crippen LogP contribution in [0.5, 0.6) is 0 Å². The lowest BCUT2D eigenvalue weighted by atomic mass is 9.96. The second kappa shape index (κ2) is 5.88. The predicted molar refractivity (Wildman–Crippen MR) is 75.8 cm³/mol. The van der Waals surface area contributed by atoms with E-state index in [0.717, 1.165) is 37.2 Å². The highest BCUT2D eigenvalue weighted by Gasteiger charge is 2.23. The Morgan fingerprint density at radius 3 is 2.89 bits per heavy atom. The van der Waals surface area contributed by atoms with Crippen LogP contribution in [0.2, 0.25) is 0 Å². The molecule has 0 aromatic heterocycles. The maximum absolute atomic E-state index is 13.7. The van der Waals surface area contributed by atoms with Crippen molar-refractivity contribution in [2.75, 3.05) is 24.6 Å². The van der Waals surface area contributed by atoms with Gasteiger partial charge < -0.3 is 15.7 Å². The molecule has 1 aliphatic rings. The molecule has 2 atom stereocenters. The molecule has 0 spiro atoms. The van der Waals surface area contributed by atoms with E-state index in [2.05, 4.69) is 4.90 Å². The Bertz CT molecular complexity index is 448. The predicted octanol–water partition coefficient (Wildman–Crippen LogP) is 2.36. The van der Waals surface area contributed by atoms with Crippen LogP contribution in [0.1, 0.15) is 36.9 Å². The fourth-order valence-electron chi connectivity index (χ4n) is 2.75. The first-order valence-corrected chi connectivity index (χ1v) is 6.94. The Balaban J connectivity index is 2.34. The molecule has 2 rings (SSSR count). The summed E-state index contributed by atoms with van der Waals surface area (Å²) in [7, 11) is 0. The van der Waals surface area contributed by atoms with Crippen LogP contribution >= 0.6 is 0 Å². The summed E-state index contributed by atoms with van der Waals surface area (Å²) >= 11 is 0. The van der Waals surface area contributed by atoms with E-state index in [9.17, 15) is 9.50 Å². The number of aliphatic hydroxyl groups excluding tert-OH is 1. The van der Waals surface area contributed by atoms with E-state index in [-0.39, 0.29) is 18.5 Å². The molecule has 0 amide bonds. The fourth-order valence-corrected chi connectivity index (χ4v) is 2.75. The number of benzene rings is 1. The Morgan fingerprint density at radius 1 is 1.53 bits per heavy atom. The van der Waals surface area contributed by atoms with Crippen molar-refractivity contribution in [1.29, 1.82) is 0 Å². The van der Waals surface area contributed by atoms with Crippen LogP contribution in [0.3, 0.4) is 0 Å². The van der Waals surface area contributed by atoms with E-state index >= 15 is 0 Å². The normalized spacial score (nSPS) is 21.5. The van der Waals surface area contributed by atoms with Crippen molar-refractivity contribution in [3.8, 4) is 0 Å². The second-order valence-electron chi connectivity index (χ2n) is 5.59. The van der Waals surface area contributed by atoms with Gasteiger partial charge in [-0.05, 0) is 55.9 Å². The third-order valence-electron chi connectivity index (χ3n) is 3.92. The monoisotopic (exact) mass is 266 g/mol. The van der Waals surface area contributed by atoms with Crippen LogP contribution in [0.15, 0.2) is 12.1 Å². The molecule has 3 nitrogen and oxygen atoms in total. The summed E-state index contributed by atoms with van der Waals surface area (Å²) in [5, 5.41) is 9.32. The first kappa shape index (κ1) is 14.3. The van der Waals surface area contributed by atoms with Crippen molar-refractivity contribution in [1.82, 2.24) is 0 Å². The maximum atomic E-state index is 13.7. The van der Waals surface area contributed by atoms with E-state index in [0.29, 0.717) is 11.5 Å². The number of nitrogens with two attached hydrogens (primary N) is 1. The van der Waals surface area contributed by atoms with E-state index in [1.54, 1.807) is 13.0 Å². The first-order chi connectivity index (χ1) is 9.02. The SMILES string of the molecule is Cc1cc(N2CCCC(CO)C2)c([C@@H](C)N)cc1F. The summed E-state index contributed by atoms with van der Waals surface area (Å²) in [6.45, 7) is 5.63. The molecular weight excluding hydrogens is 243 g/mol. The van der Waals surface area contributed by atoms with E-state index in [1.807, 2.05) is 13.0 Å². The van der Waals surface area contributed by atoms with Crippen molar-refractivity contribution >= 4 is 5.69 Å². The minimum atomic E-state index is -0.202. The van der Waals surface area contributed by atoms with Gasteiger partial charge >= 0.3 is 0 Å². The Kier molecular flexibility index (Phi) is 4.42. The van der Waals surface area contributed by atoms with Gasteiger partial charge in [0.2, 0.25) is 0 Å². The second-order valence-corrected chi connectivity index (χ2v) is 5.59. The number of anilines is 1. The molecule has 1 unspecified atom stereocenters. The molecule has 1 aromatic carbocycles. The number of piperidine rings is 1. The van der Waals surface area contributed by atoms with Gasteiger partial charge in [0, 0.05) is 31.4 Å². The van der Waals surface area contributed by atoms with Crippen LogP contribution in [-0.2, 0) is 0 Å². The van der Waals surface area contributed by atoms with Gasteiger partial charge in [0.05, 0.1) is 0 Å². The molecule has 0 radical (unpaired) electrons. The van der Waals surface area contributed by atoms with Crippen LogP contribution in [-0.4, -0.2) is 24.8 Å². The van der Waals surface area contributed by atoms with Crippen LogP contribution in [0.4, 0.5) is 10.1 Å². The van der Waals surface area contributed by atoms with Crippen LogP contribution in [0.25, 0.3) is 0 Å². The molecule has 1 heterocycles. The smallest absolute Gasteiger partial charge is 0.126 e. The lowest BCUT2D eigenvalue weighted by Gasteiger charge is -2.35. The topological polar surface area (TPSA) is 49.5 Å². The molecule has 0 bridgehead atoms. The zero-order valence-corrected chi connectivity index (χ0v) is 11.7. The number of halogens is 1. The van der Waals surface area contributed by atoms with Crippen molar-refractivity contribution in [3.05, 3.63) is 29.1 Å². The van der Waals surface area contributed by atoms with Gasteiger partial charge in [-0.1, -0.05) is 0 Å². The van der Waals surface area contributed by atoms with Gasteiger partial charge in [-0.3, -0.25) is 0 Å². The van der Waals surface area contributed by atoms with Gasteiger partial charge in [-0.25, -0.2) is 4.39 Å². The molecule has 3 N–H and O–H groups in total. The third-order valence-corrected chi connectivity index (χ3v) is 3.92. The maximum Gasteiger partial charge on any atom is 0.126 e. The van der Waals surface area contributed by atoms with Crippen molar-refractivity contribution in [3.63, 3.8) is 0 Å². The summed E-state index contributed by atoms with van der Waals surface area (Å²) in [6.07, 6.45) is 2.11. The molecule has 1 saturated heterocycles. The number of nitrogens with zero attached hydrogens (tertiary/aromatic N) is 1. The fraction of sp³-hybridized carbons (Fsp3) is 0.600. The number of hydrogen-bond acceptors (Lipinski definition) is 3. The molecule has 0 saturated carbocycles. The molecule has 106 valence electrons. The highest BCUT2D eigenvalue weighted by molar-refractivity contribution is 5.57. The van der Waals surface area contributed by atoms with Gasteiger partial charge in [0.1, 0.15) is 5.82 Å². The average Bonchev–Trinajstić information content (AvgIpc) is 2.41. The zero-order valence-electron chi connectivity index (χ0n) is 11.7. The summed E-state index contributed by atoms with van der Waals surface area (Å²) < 4.78 is 13.7. The largest absolute Gasteiger partial charge is 0.396 e. The van der Waals surface area contributed by atoms with Crippen molar-refractivity contribution in [2.24, 2.45) is 11.7 Å². The molecule has 1 fully saturated rings. The van der Waals surface area contributed by atoms with E-state index < -0.39 is 0 Å². The number of rotatable bonds is 3. The first-order valence-electron chi connectivity index (χ1n) is 6.94. The Hall–Kier alpha value is -1.13. The minimum absolute atomic E-state index is 0.195. The minimum Gasteiger partial charge on any atom is -0.396 e. The summed E-state index contributed by atoms with van der Waals surface area (Å²) in [4.78, 5) is 2.23. The number of hydrogen-bond donors (Lipinski definition) is 2. The van der Waals surface area contributed by atoms with Crippen LogP contribution in [0, 0.1) is 18.7 Å². The van der Waals surface area contributed by atoms with Gasteiger partial charge in [-0.15, -0.1) is 0 Å².